The predicted octanol–water partition coefficient (Wildman–Crippen LogP) is 4.35. The van der Waals surface area contributed by atoms with Crippen molar-refractivity contribution in [3.05, 3.63) is 29.8 Å². The summed E-state index contributed by atoms with van der Waals surface area (Å²) in [5, 5.41) is 9.44. The highest BCUT2D eigenvalue weighted by Crippen LogP contribution is 2.54. The van der Waals surface area contributed by atoms with Gasteiger partial charge in [-0.3, -0.25) is 4.79 Å². The lowest BCUT2D eigenvalue weighted by Crippen LogP contribution is -2.54. The van der Waals surface area contributed by atoms with Gasteiger partial charge in [0.1, 0.15) is 5.75 Å². The molecule has 0 bridgehead atoms. The highest BCUT2D eigenvalue weighted by Gasteiger charge is 2.57. The zero-order valence-electron chi connectivity index (χ0n) is 13.9. The summed E-state index contributed by atoms with van der Waals surface area (Å²) in [6.45, 7) is 12.4. The number of carbonyl (C=O) groups excluding carboxylic acids is 1. The lowest BCUT2D eigenvalue weighted by Gasteiger charge is -2.51. The maximum absolute atomic E-state index is 12.7. The third kappa shape index (κ3) is 3.40. The van der Waals surface area contributed by atoms with Gasteiger partial charge in [0.05, 0.1) is 14.9 Å². The molecule has 0 aromatic heterocycles. The first-order valence-electron chi connectivity index (χ1n) is 7.15. The quantitative estimate of drug-likeness (QED) is 0.844. The molecule has 4 heteroatoms. The fourth-order valence-corrected chi connectivity index (χ4v) is 3.56. The second-order valence-electron chi connectivity index (χ2n) is 7.65. The van der Waals surface area contributed by atoms with Crippen molar-refractivity contribution < 1.29 is 14.4 Å². The molecule has 1 unspecified atom stereocenters. The molecule has 0 aliphatic rings. The molecule has 0 aliphatic heterocycles. The van der Waals surface area contributed by atoms with Crippen LogP contribution >= 0.6 is 9.47 Å². The molecule has 1 N–H and O–H groups in total. The summed E-state index contributed by atoms with van der Waals surface area (Å²) in [6.07, 6.45) is 0.563. The summed E-state index contributed by atoms with van der Waals surface area (Å²) in [6, 6.07) is 7.02. The molecule has 0 saturated carbocycles. The Hall–Kier alpha value is -1.08. The molecule has 3 nitrogen and oxygen atoms in total. The third-order valence-corrected chi connectivity index (χ3v) is 4.64. The summed E-state index contributed by atoms with van der Waals surface area (Å²) >= 11 is 0. The Labute approximate surface area is 130 Å². The van der Waals surface area contributed by atoms with E-state index in [1.807, 2.05) is 12.1 Å². The molecule has 1 rings (SSSR count). The van der Waals surface area contributed by atoms with Crippen molar-refractivity contribution >= 4 is 15.4 Å². The van der Waals surface area contributed by atoms with Crippen molar-refractivity contribution in [2.45, 2.75) is 48.0 Å². The maximum Gasteiger partial charge on any atom is 0.315 e. The number of phenolic OH excluding ortho intramolecular Hbond substituents is 1. The van der Waals surface area contributed by atoms with Gasteiger partial charge in [-0.15, -0.1) is 0 Å². The Kier molecular flexibility index (Phi) is 5.10. The number of hydrogen-bond donors (Lipinski definition) is 1. The van der Waals surface area contributed by atoms with E-state index in [1.54, 1.807) is 12.1 Å². The van der Waals surface area contributed by atoms with E-state index in [9.17, 15) is 9.90 Å². The Morgan fingerprint density at radius 1 is 1.05 bits per heavy atom. The first-order chi connectivity index (χ1) is 9.45. The number of hydrogen-bond acceptors (Lipinski definition) is 3. The van der Waals surface area contributed by atoms with Gasteiger partial charge in [0.2, 0.25) is 0 Å². The highest BCUT2D eigenvalue weighted by atomic mass is 31.0. The average molecular weight is 310 g/mol. The van der Waals surface area contributed by atoms with Crippen LogP contribution in [0.25, 0.3) is 0 Å². The molecule has 1 aromatic rings. The molecular formula is C17H27O3P. The second kappa shape index (κ2) is 5.96. The van der Waals surface area contributed by atoms with Crippen LogP contribution in [0, 0.1) is 16.2 Å². The molecule has 0 fully saturated rings. The van der Waals surface area contributed by atoms with Crippen LogP contribution in [0.15, 0.2) is 24.3 Å². The fourth-order valence-electron chi connectivity index (χ4n) is 3.36. The molecule has 0 spiro atoms. The van der Waals surface area contributed by atoms with Gasteiger partial charge in [0, 0.05) is 0 Å². The molecule has 0 radical (unpaired) electrons. The van der Waals surface area contributed by atoms with E-state index >= 15 is 0 Å². The van der Waals surface area contributed by atoms with Gasteiger partial charge in [0.25, 0.3) is 0 Å². The number of benzene rings is 1. The van der Waals surface area contributed by atoms with Crippen molar-refractivity contribution in [1.82, 2.24) is 0 Å². The highest BCUT2D eigenvalue weighted by molar-refractivity contribution is 7.10. The van der Waals surface area contributed by atoms with Gasteiger partial charge in [-0.1, -0.05) is 53.7 Å². The summed E-state index contributed by atoms with van der Waals surface area (Å²) in [4.78, 5) is 12.7. The fraction of sp³-hybridized carbons (Fsp3) is 0.588. The van der Waals surface area contributed by atoms with Crippen molar-refractivity contribution in [1.29, 1.82) is 0 Å². The molecule has 1 aromatic carbocycles. The predicted molar refractivity (Wildman–Crippen MR) is 89.0 cm³/mol. The van der Waals surface area contributed by atoms with Gasteiger partial charge in [-0.05, 0) is 34.9 Å². The number of phenols is 1. The average Bonchev–Trinajstić information content (AvgIpc) is 2.34. The van der Waals surface area contributed by atoms with E-state index in [0.29, 0.717) is 6.42 Å². The SMILES string of the molecule is CC(C)(C)C(Cc1ccc(O)cc1)(C(=O)OP)C(C)(C)C. The van der Waals surface area contributed by atoms with Crippen LogP contribution < -0.4 is 0 Å². The van der Waals surface area contributed by atoms with Crippen LogP contribution in [0.1, 0.15) is 47.1 Å². The standard InChI is InChI=1S/C17H27O3P/c1-15(2,3)17(14(19)20-21,16(4,5)6)11-12-7-9-13(18)10-8-12/h7-10,18H,11,21H2,1-6H3. The van der Waals surface area contributed by atoms with Crippen molar-refractivity contribution in [2.24, 2.45) is 16.2 Å². The molecule has 1 atom stereocenters. The van der Waals surface area contributed by atoms with Gasteiger partial charge in [0.15, 0.2) is 0 Å². The lowest BCUT2D eigenvalue weighted by atomic mass is 9.52. The minimum atomic E-state index is -0.682. The van der Waals surface area contributed by atoms with Gasteiger partial charge in [-0.2, -0.15) is 0 Å². The van der Waals surface area contributed by atoms with Crippen LogP contribution in [-0.2, 0) is 15.7 Å². The molecule has 0 saturated heterocycles. The van der Waals surface area contributed by atoms with E-state index in [2.05, 4.69) is 51.0 Å². The van der Waals surface area contributed by atoms with E-state index in [4.69, 9.17) is 4.52 Å². The minimum absolute atomic E-state index is 0.222. The van der Waals surface area contributed by atoms with Gasteiger partial charge < -0.3 is 9.63 Å². The Bertz CT molecular complexity index is 478. The molecule has 118 valence electrons. The topological polar surface area (TPSA) is 46.5 Å². The van der Waals surface area contributed by atoms with E-state index in [0.717, 1.165) is 5.56 Å². The van der Waals surface area contributed by atoms with E-state index < -0.39 is 5.41 Å². The van der Waals surface area contributed by atoms with Crippen LogP contribution in [0.2, 0.25) is 0 Å². The summed E-state index contributed by atoms with van der Waals surface area (Å²) in [5.74, 6) is 0.00469. The van der Waals surface area contributed by atoms with E-state index in [1.165, 1.54) is 0 Å². The molecule has 0 amide bonds. The van der Waals surface area contributed by atoms with Gasteiger partial charge >= 0.3 is 5.97 Å². The lowest BCUT2D eigenvalue weighted by molar-refractivity contribution is -0.164. The number of aromatic hydroxyl groups is 1. The van der Waals surface area contributed by atoms with Crippen molar-refractivity contribution in [3.8, 4) is 5.75 Å². The first-order valence-corrected chi connectivity index (χ1v) is 7.62. The summed E-state index contributed by atoms with van der Waals surface area (Å²) in [7, 11) is 2.08. The van der Waals surface area contributed by atoms with E-state index in [-0.39, 0.29) is 22.5 Å². The smallest absolute Gasteiger partial charge is 0.315 e. The second-order valence-corrected chi connectivity index (χ2v) is 7.89. The van der Waals surface area contributed by atoms with Crippen molar-refractivity contribution in [3.63, 3.8) is 0 Å². The third-order valence-electron chi connectivity index (χ3n) is 4.42. The molecule has 21 heavy (non-hydrogen) atoms. The summed E-state index contributed by atoms with van der Waals surface area (Å²) < 4.78 is 5.09. The summed E-state index contributed by atoms with van der Waals surface area (Å²) in [5.41, 5.74) is -0.236. The Morgan fingerprint density at radius 2 is 1.48 bits per heavy atom. The molecular weight excluding hydrogens is 283 g/mol. The van der Waals surface area contributed by atoms with Gasteiger partial charge in [-0.25, -0.2) is 0 Å². The zero-order chi connectivity index (χ0) is 16.5. The van der Waals surface area contributed by atoms with Crippen LogP contribution in [0.4, 0.5) is 0 Å². The molecule has 0 aliphatic carbocycles. The zero-order valence-corrected chi connectivity index (χ0v) is 15.0. The largest absolute Gasteiger partial charge is 0.508 e. The van der Waals surface area contributed by atoms with Crippen LogP contribution in [-0.4, -0.2) is 11.1 Å². The normalized spacial score (nSPS) is 13.1. The van der Waals surface area contributed by atoms with Crippen molar-refractivity contribution in [2.75, 3.05) is 0 Å². The Balaban J connectivity index is 3.43. The Morgan fingerprint density at radius 3 is 1.81 bits per heavy atom. The maximum atomic E-state index is 12.7. The number of rotatable bonds is 3. The monoisotopic (exact) mass is 310 g/mol. The van der Waals surface area contributed by atoms with Crippen LogP contribution in [0.3, 0.4) is 0 Å². The number of carbonyl (C=O) groups is 1. The first kappa shape index (κ1) is 18.0. The van der Waals surface area contributed by atoms with Crippen LogP contribution in [0.5, 0.6) is 5.75 Å². The minimum Gasteiger partial charge on any atom is -0.508 e. The molecule has 0 heterocycles.